The van der Waals surface area contributed by atoms with Gasteiger partial charge in [0.2, 0.25) is 0 Å². The zero-order chi connectivity index (χ0) is 6.97. The van der Waals surface area contributed by atoms with E-state index in [9.17, 15) is 0 Å². The standard InChI is InChI=1S/C9H14O/c10-6-9-5-7-2-1-3-8(9)4-7/h1-2,7-10H,3-6H2. The van der Waals surface area contributed by atoms with Crippen LogP contribution in [0.15, 0.2) is 12.2 Å². The summed E-state index contributed by atoms with van der Waals surface area (Å²) in [5, 5.41) is 8.99. The quantitative estimate of drug-likeness (QED) is 0.545. The lowest BCUT2D eigenvalue weighted by Crippen LogP contribution is -2.10. The Balaban J connectivity index is 2.08. The van der Waals surface area contributed by atoms with Gasteiger partial charge in [-0.3, -0.25) is 0 Å². The molecule has 0 aromatic rings. The topological polar surface area (TPSA) is 20.2 Å². The number of hydrogen-bond donors (Lipinski definition) is 1. The summed E-state index contributed by atoms with van der Waals surface area (Å²) < 4.78 is 0. The maximum atomic E-state index is 8.99. The van der Waals surface area contributed by atoms with E-state index in [-0.39, 0.29) is 0 Å². The van der Waals surface area contributed by atoms with Crippen molar-refractivity contribution in [1.29, 1.82) is 0 Å². The van der Waals surface area contributed by atoms with Gasteiger partial charge in [0.05, 0.1) is 0 Å². The summed E-state index contributed by atoms with van der Waals surface area (Å²) in [7, 11) is 0. The van der Waals surface area contributed by atoms with E-state index in [1.165, 1.54) is 19.3 Å². The summed E-state index contributed by atoms with van der Waals surface area (Å²) >= 11 is 0. The SMILES string of the molecule is OCC1CC2C=CCC1C2. The van der Waals surface area contributed by atoms with Gasteiger partial charge in [0, 0.05) is 6.61 Å². The fraction of sp³-hybridized carbons (Fsp3) is 0.778. The van der Waals surface area contributed by atoms with Gasteiger partial charge in [0.15, 0.2) is 0 Å². The van der Waals surface area contributed by atoms with Gasteiger partial charge in [-0.15, -0.1) is 0 Å². The largest absolute Gasteiger partial charge is 0.396 e. The van der Waals surface area contributed by atoms with E-state index >= 15 is 0 Å². The zero-order valence-corrected chi connectivity index (χ0v) is 6.16. The van der Waals surface area contributed by atoms with Crippen molar-refractivity contribution >= 4 is 0 Å². The first kappa shape index (κ1) is 6.41. The van der Waals surface area contributed by atoms with Crippen LogP contribution in [0, 0.1) is 17.8 Å². The molecule has 0 aromatic carbocycles. The molecule has 2 rings (SSSR count). The second kappa shape index (κ2) is 2.39. The van der Waals surface area contributed by atoms with Crippen LogP contribution in [0.5, 0.6) is 0 Å². The minimum Gasteiger partial charge on any atom is -0.396 e. The molecular weight excluding hydrogens is 124 g/mol. The first-order chi connectivity index (χ1) is 4.90. The van der Waals surface area contributed by atoms with Gasteiger partial charge in [-0.25, -0.2) is 0 Å². The third-order valence-corrected chi connectivity index (χ3v) is 2.96. The number of aliphatic hydroxyl groups is 1. The van der Waals surface area contributed by atoms with E-state index in [0.717, 1.165) is 11.8 Å². The molecule has 3 unspecified atom stereocenters. The van der Waals surface area contributed by atoms with Crippen molar-refractivity contribution in [2.45, 2.75) is 19.3 Å². The monoisotopic (exact) mass is 138 g/mol. The number of allylic oxidation sites excluding steroid dienone is 2. The summed E-state index contributed by atoms with van der Waals surface area (Å²) in [6.45, 7) is 0.406. The number of fused-ring (bicyclic) bond motifs is 2. The molecule has 0 saturated heterocycles. The Morgan fingerprint density at radius 3 is 3.00 bits per heavy atom. The van der Waals surface area contributed by atoms with Gasteiger partial charge in [-0.1, -0.05) is 12.2 Å². The predicted octanol–water partition coefficient (Wildman–Crippen LogP) is 1.58. The number of aliphatic hydroxyl groups excluding tert-OH is 1. The molecule has 2 aliphatic carbocycles. The summed E-state index contributed by atoms with van der Waals surface area (Å²) in [5.74, 6) is 2.22. The molecule has 2 bridgehead atoms. The second-order valence-corrected chi connectivity index (χ2v) is 3.60. The fourth-order valence-electron chi connectivity index (χ4n) is 2.37. The van der Waals surface area contributed by atoms with E-state index in [0.29, 0.717) is 12.5 Å². The summed E-state index contributed by atoms with van der Waals surface area (Å²) in [6, 6.07) is 0. The van der Waals surface area contributed by atoms with Crippen molar-refractivity contribution < 1.29 is 5.11 Å². The lowest BCUT2D eigenvalue weighted by atomic mass is 9.92. The highest BCUT2D eigenvalue weighted by Crippen LogP contribution is 2.42. The highest BCUT2D eigenvalue weighted by molar-refractivity contribution is 5.03. The molecule has 0 amide bonds. The second-order valence-electron chi connectivity index (χ2n) is 3.60. The van der Waals surface area contributed by atoms with Crippen LogP contribution >= 0.6 is 0 Å². The van der Waals surface area contributed by atoms with Gasteiger partial charge in [0.1, 0.15) is 0 Å². The molecule has 2 aliphatic rings. The summed E-state index contributed by atoms with van der Waals surface area (Å²) in [6.07, 6.45) is 8.39. The lowest BCUT2D eigenvalue weighted by molar-refractivity contribution is 0.195. The number of hydrogen-bond acceptors (Lipinski definition) is 1. The molecule has 1 heteroatoms. The van der Waals surface area contributed by atoms with Gasteiger partial charge in [-0.05, 0) is 37.0 Å². The average Bonchev–Trinajstić information content (AvgIpc) is 2.26. The Morgan fingerprint density at radius 1 is 1.40 bits per heavy atom. The van der Waals surface area contributed by atoms with Gasteiger partial charge in [0.25, 0.3) is 0 Å². The van der Waals surface area contributed by atoms with Crippen LogP contribution in [0.2, 0.25) is 0 Å². The molecule has 1 fully saturated rings. The van der Waals surface area contributed by atoms with Gasteiger partial charge >= 0.3 is 0 Å². The Kier molecular flexibility index (Phi) is 1.53. The van der Waals surface area contributed by atoms with Crippen LogP contribution in [-0.2, 0) is 0 Å². The molecule has 3 atom stereocenters. The van der Waals surface area contributed by atoms with Crippen molar-refractivity contribution in [2.75, 3.05) is 6.61 Å². The Labute approximate surface area is 61.8 Å². The maximum Gasteiger partial charge on any atom is 0.0462 e. The van der Waals surface area contributed by atoms with Crippen molar-refractivity contribution in [3.63, 3.8) is 0 Å². The van der Waals surface area contributed by atoms with Crippen LogP contribution in [0.3, 0.4) is 0 Å². The summed E-state index contributed by atoms with van der Waals surface area (Å²) in [5.41, 5.74) is 0. The molecule has 1 saturated carbocycles. The van der Waals surface area contributed by atoms with Crippen molar-refractivity contribution in [3.05, 3.63) is 12.2 Å². The van der Waals surface area contributed by atoms with E-state index in [1.54, 1.807) is 0 Å². The van der Waals surface area contributed by atoms with Crippen LogP contribution in [0.1, 0.15) is 19.3 Å². The molecule has 0 aromatic heterocycles. The van der Waals surface area contributed by atoms with Crippen LogP contribution in [0.25, 0.3) is 0 Å². The Hall–Kier alpha value is -0.300. The van der Waals surface area contributed by atoms with E-state index < -0.39 is 0 Å². The fourth-order valence-corrected chi connectivity index (χ4v) is 2.37. The number of rotatable bonds is 1. The first-order valence-electron chi connectivity index (χ1n) is 4.17. The van der Waals surface area contributed by atoms with Crippen LogP contribution < -0.4 is 0 Å². The van der Waals surface area contributed by atoms with Crippen molar-refractivity contribution in [3.8, 4) is 0 Å². The van der Waals surface area contributed by atoms with Crippen molar-refractivity contribution in [1.82, 2.24) is 0 Å². The molecule has 0 radical (unpaired) electrons. The maximum absolute atomic E-state index is 8.99. The Morgan fingerprint density at radius 2 is 2.30 bits per heavy atom. The van der Waals surface area contributed by atoms with Crippen LogP contribution in [-0.4, -0.2) is 11.7 Å². The molecule has 0 heterocycles. The van der Waals surface area contributed by atoms with E-state index in [4.69, 9.17) is 5.11 Å². The molecule has 0 spiro atoms. The average molecular weight is 138 g/mol. The highest BCUT2D eigenvalue weighted by Gasteiger charge is 2.33. The third-order valence-electron chi connectivity index (χ3n) is 2.96. The molecular formula is C9H14O. The molecule has 0 aliphatic heterocycles. The van der Waals surface area contributed by atoms with E-state index in [1.807, 2.05) is 0 Å². The minimum absolute atomic E-state index is 0.406. The Bertz CT molecular complexity index is 151. The molecule has 1 N–H and O–H groups in total. The highest BCUT2D eigenvalue weighted by atomic mass is 16.3. The smallest absolute Gasteiger partial charge is 0.0462 e. The van der Waals surface area contributed by atoms with Gasteiger partial charge < -0.3 is 5.11 Å². The molecule has 1 nitrogen and oxygen atoms in total. The van der Waals surface area contributed by atoms with Crippen LogP contribution in [0.4, 0.5) is 0 Å². The lowest BCUT2D eigenvalue weighted by Gasteiger charge is -2.15. The minimum atomic E-state index is 0.406. The zero-order valence-electron chi connectivity index (χ0n) is 6.16. The van der Waals surface area contributed by atoms with Gasteiger partial charge in [-0.2, -0.15) is 0 Å². The third kappa shape index (κ3) is 0.891. The normalized spacial score (nSPS) is 44.3. The van der Waals surface area contributed by atoms with E-state index in [2.05, 4.69) is 12.2 Å². The van der Waals surface area contributed by atoms with Crippen molar-refractivity contribution in [2.24, 2.45) is 17.8 Å². The first-order valence-corrected chi connectivity index (χ1v) is 4.17. The summed E-state index contributed by atoms with van der Waals surface area (Å²) in [4.78, 5) is 0. The molecule has 56 valence electrons. The molecule has 10 heavy (non-hydrogen) atoms. The predicted molar refractivity (Wildman–Crippen MR) is 40.5 cm³/mol.